The summed E-state index contributed by atoms with van der Waals surface area (Å²) in [6, 6.07) is 9.81. The molecule has 0 radical (unpaired) electrons. The van der Waals surface area contributed by atoms with Crippen molar-refractivity contribution < 1.29 is 18.4 Å². The number of hydrogen-bond donors (Lipinski definition) is 2. The van der Waals surface area contributed by atoms with E-state index in [9.17, 15) is 18.4 Å². The van der Waals surface area contributed by atoms with Crippen molar-refractivity contribution in [2.24, 2.45) is 0 Å². The Morgan fingerprint density at radius 1 is 1.12 bits per heavy atom. The number of nitrogens with one attached hydrogen (secondary N) is 2. The maximum Gasteiger partial charge on any atom is 0.230 e. The van der Waals surface area contributed by atoms with Gasteiger partial charge in [-0.2, -0.15) is 0 Å². The highest BCUT2D eigenvalue weighted by atomic mass is 32.2. The predicted octanol–water partition coefficient (Wildman–Crippen LogP) is 3.89. The zero-order chi connectivity index (χ0) is 18.4. The lowest BCUT2D eigenvalue weighted by Gasteiger charge is -2.15. The molecule has 0 spiro atoms. The molecule has 0 bridgehead atoms. The molecule has 25 heavy (non-hydrogen) atoms. The van der Waals surface area contributed by atoms with Crippen molar-refractivity contribution in [3.05, 3.63) is 59.7 Å². The molecular weight excluding hydrogens is 346 g/mol. The van der Waals surface area contributed by atoms with Crippen molar-refractivity contribution in [1.82, 2.24) is 5.32 Å². The van der Waals surface area contributed by atoms with E-state index in [-0.39, 0.29) is 23.1 Å². The summed E-state index contributed by atoms with van der Waals surface area (Å²) in [4.78, 5) is 23.8. The van der Waals surface area contributed by atoms with Crippen LogP contribution in [0.15, 0.2) is 47.4 Å². The van der Waals surface area contributed by atoms with Crippen molar-refractivity contribution in [3.8, 4) is 0 Å². The molecular formula is C18H18F2N2O2S. The second-order valence-electron chi connectivity index (χ2n) is 5.45. The normalized spacial score (nSPS) is 11.7. The van der Waals surface area contributed by atoms with Crippen LogP contribution in [-0.4, -0.2) is 17.6 Å². The van der Waals surface area contributed by atoms with Crippen LogP contribution >= 0.6 is 11.8 Å². The highest BCUT2D eigenvalue weighted by Crippen LogP contribution is 2.21. The number of hydrogen-bond acceptors (Lipinski definition) is 3. The lowest BCUT2D eigenvalue weighted by Crippen LogP contribution is -2.28. The molecule has 1 atom stereocenters. The maximum absolute atomic E-state index is 13.7. The predicted molar refractivity (Wildman–Crippen MR) is 94.4 cm³/mol. The molecule has 132 valence electrons. The fourth-order valence-corrected chi connectivity index (χ4v) is 2.91. The van der Waals surface area contributed by atoms with E-state index >= 15 is 0 Å². The number of rotatable bonds is 6. The first-order chi connectivity index (χ1) is 11.8. The second-order valence-corrected chi connectivity index (χ2v) is 6.50. The minimum Gasteiger partial charge on any atom is -0.349 e. The molecule has 4 nitrogen and oxygen atoms in total. The van der Waals surface area contributed by atoms with Gasteiger partial charge in [0.05, 0.1) is 11.8 Å². The zero-order valence-electron chi connectivity index (χ0n) is 13.8. The third-order valence-corrected chi connectivity index (χ3v) is 4.36. The van der Waals surface area contributed by atoms with Crippen LogP contribution in [0.3, 0.4) is 0 Å². The number of carbonyl (C=O) groups excluding carboxylic acids is 2. The third-order valence-electron chi connectivity index (χ3n) is 3.35. The Bertz CT molecular complexity index is 766. The van der Waals surface area contributed by atoms with Gasteiger partial charge in [0.1, 0.15) is 11.6 Å². The van der Waals surface area contributed by atoms with Crippen molar-refractivity contribution in [3.63, 3.8) is 0 Å². The zero-order valence-corrected chi connectivity index (χ0v) is 14.6. The summed E-state index contributed by atoms with van der Waals surface area (Å²) >= 11 is 1.32. The molecule has 0 aliphatic heterocycles. The van der Waals surface area contributed by atoms with E-state index in [0.29, 0.717) is 5.69 Å². The van der Waals surface area contributed by atoms with Crippen LogP contribution in [0.25, 0.3) is 0 Å². The molecule has 2 rings (SSSR count). The topological polar surface area (TPSA) is 58.2 Å². The van der Waals surface area contributed by atoms with E-state index in [1.807, 2.05) is 0 Å². The van der Waals surface area contributed by atoms with Gasteiger partial charge >= 0.3 is 0 Å². The summed E-state index contributed by atoms with van der Waals surface area (Å²) in [5.41, 5.74) is 0.918. The molecule has 2 amide bonds. The molecule has 0 aromatic heterocycles. The number of benzene rings is 2. The minimum absolute atomic E-state index is 0.151. The Morgan fingerprint density at radius 3 is 2.40 bits per heavy atom. The Kier molecular flexibility index (Phi) is 6.52. The van der Waals surface area contributed by atoms with E-state index in [1.165, 1.54) is 24.8 Å². The average Bonchev–Trinajstić information content (AvgIpc) is 2.53. The molecule has 0 fully saturated rings. The summed E-state index contributed by atoms with van der Waals surface area (Å²) in [5, 5.41) is 5.35. The summed E-state index contributed by atoms with van der Waals surface area (Å²) in [6.07, 6.45) is 0. The van der Waals surface area contributed by atoms with Gasteiger partial charge in [-0.05, 0) is 37.3 Å². The standard InChI is InChI=1S/C18H18F2N2O2S/c1-11(16-8-3-13(19)9-17(16)20)21-18(24)10-25-15-6-4-14(5-7-15)22-12(2)23/h3-9,11H,10H2,1-2H3,(H,21,24)(H,22,23). The Labute approximate surface area is 149 Å². The Balaban J connectivity index is 1.86. The van der Waals surface area contributed by atoms with Gasteiger partial charge in [-0.3, -0.25) is 9.59 Å². The van der Waals surface area contributed by atoms with Gasteiger partial charge in [0.15, 0.2) is 0 Å². The van der Waals surface area contributed by atoms with Gasteiger partial charge < -0.3 is 10.6 Å². The molecule has 0 saturated carbocycles. The van der Waals surface area contributed by atoms with E-state index in [1.54, 1.807) is 31.2 Å². The summed E-state index contributed by atoms with van der Waals surface area (Å²) < 4.78 is 26.6. The lowest BCUT2D eigenvalue weighted by atomic mass is 10.1. The summed E-state index contributed by atoms with van der Waals surface area (Å²) in [7, 11) is 0. The fourth-order valence-electron chi connectivity index (χ4n) is 2.20. The van der Waals surface area contributed by atoms with Crippen LogP contribution in [0.5, 0.6) is 0 Å². The largest absolute Gasteiger partial charge is 0.349 e. The van der Waals surface area contributed by atoms with Gasteiger partial charge in [-0.1, -0.05) is 6.07 Å². The lowest BCUT2D eigenvalue weighted by molar-refractivity contribution is -0.119. The Hall–Kier alpha value is -2.41. The molecule has 0 saturated heterocycles. The van der Waals surface area contributed by atoms with Crippen molar-refractivity contribution >= 4 is 29.3 Å². The van der Waals surface area contributed by atoms with Crippen LogP contribution in [0.2, 0.25) is 0 Å². The number of anilines is 1. The van der Waals surface area contributed by atoms with Crippen LogP contribution < -0.4 is 10.6 Å². The van der Waals surface area contributed by atoms with E-state index in [2.05, 4.69) is 10.6 Å². The quantitative estimate of drug-likeness (QED) is 0.765. The fraction of sp³-hybridized carbons (Fsp3) is 0.222. The van der Waals surface area contributed by atoms with Gasteiger partial charge in [-0.25, -0.2) is 8.78 Å². The molecule has 1 unspecified atom stereocenters. The second kappa shape index (κ2) is 8.62. The molecule has 0 heterocycles. The smallest absolute Gasteiger partial charge is 0.230 e. The highest BCUT2D eigenvalue weighted by Gasteiger charge is 2.14. The van der Waals surface area contributed by atoms with Crippen LogP contribution in [-0.2, 0) is 9.59 Å². The average molecular weight is 364 g/mol. The summed E-state index contributed by atoms with van der Waals surface area (Å²) in [6.45, 7) is 3.07. The Morgan fingerprint density at radius 2 is 1.80 bits per heavy atom. The SMILES string of the molecule is CC(=O)Nc1ccc(SCC(=O)NC(C)c2ccc(F)cc2F)cc1. The van der Waals surface area contributed by atoms with Gasteiger partial charge in [0, 0.05) is 29.1 Å². The number of amides is 2. The molecule has 7 heteroatoms. The van der Waals surface area contributed by atoms with Gasteiger partial charge in [0.2, 0.25) is 11.8 Å². The third kappa shape index (κ3) is 5.86. The molecule has 2 aromatic carbocycles. The minimum atomic E-state index is -0.686. The van der Waals surface area contributed by atoms with E-state index < -0.39 is 17.7 Å². The monoisotopic (exact) mass is 364 g/mol. The molecule has 2 N–H and O–H groups in total. The molecule has 0 aliphatic carbocycles. The number of halogens is 2. The van der Waals surface area contributed by atoms with E-state index in [0.717, 1.165) is 17.0 Å². The maximum atomic E-state index is 13.7. The highest BCUT2D eigenvalue weighted by molar-refractivity contribution is 8.00. The number of thioether (sulfide) groups is 1. The van der Waals surface area contributed by atoms with Crippen molar-refractivity contribution in [2.45, 2.75) is 24.8 Å². The van der Waals surface area contributed by atoms with Crippen LogP contribution in [0.4, 0.5) is 14.5 Å². The van der Waals surface area contributed by atoms with Crippen LogP contribution in [0.1, 0.15) is 25.5 Å². The van der Waals surface area contributed by atoms with Gasteiger partial charge in [0.25, 0.3) is 0 Å². The van der Waals surface area contributed by atoms with E-state index in [4.69, 9.17) is 0 Å². The first-order valence-electron chi connectivity index (χ1n) is 7.60. The van der Waals surface area contributed by atoms with Crippen molar-refractivity contribution in [2.75, 3.05) is 11.1 Å². The van der Waals surface area contributed by atoms with Crippen molar-refractivity contribution in [1.29, 1.82) is 0 Å². The van der Waals surface area contributed by atoms with Gasteiger partial charge in [-0.15, -0.1) is 11.8 Å². The van der Waals surface area contributed by atoms with Crippen LogP contribution in [0, 0.1) is 11.6 Å². The first kappa shape index (κ1) is 18.9. The summed E-state index contributed by atoms with van der Waals surface area (Å²) in [5.74, 6) is -1.59. The molecule has 0 aliphatic rings. The molecule has 2 aromatic rings. The number of carbonyl (C=O) groups is 2. The first-order valence-corrected chi connectivity index (χ1v) is 8.58.